The van der Waals surface area contributed by atoms with Crippen molar-refractivity contribution in [2.75, 3.05) is 6.54 Å². The Morgan fingerprint density at radius 1 is 0.923 bits per heavy atom. The van der Waals surface area contributed by atoms with Crippen molar-refractivity contribution in [3.63, 3.8) is 0 Å². The van der Waals surface area contributed by atoms with Crippen LogP contribution in [0.25, 0.3) is 0 Å². The summed E-state index contributed by atoms with van der Waals surface area (Å²) in [6.07, 6.45) is 8.05. The Morgan fingerprint density at radius 2 is 1.46 bits per heavy atom. The van der Waals surface area contributed by atoms with Crippen molar-refractivity contribution in [2.45, 2.75) is 86.0 Å². The summed E-state index contributed by atoms with van der Waals surface area (Å²) in [7, 11) is 0. The molecule has 0 saturated heterocycles. The second kappa shape index (κ2) is 12.7. The van der Waals surface area contributed by atoms with Crippen LogP contribution in [0.1, 0.15) is 83.0 Å². The van der Waals surface area contributed by atoms with Gasteiger partial charge >= 0.3 is 164 Å². The summed E-state index contributed by atoms with van der Waals surface area (Å²) in [4.78, 5) is 12.2. The molecule has 4 heteroatoms. The van der Waals surface area contributed by atoms with E-state index in [-0.39, 0.29) is 11.7 Å². The van der Waals surface area contributed by atoms with Gasteiger partial charge in [0.15, 0.2) is 0 Å². The summed E-state index contributed by atoms with van der Waals surface area (Å²) >= 11 is -2.78. The van der Waals surface area contributed by atoms with E-state index in [2.05, 4.69) is 26.1 Å². The molecule has 1 N–H and O–H groups in total. The predicted molar refractivity (Wildman–Crippen MR) is 114 cm³/mol. The first-order valence-corrected chi connectivity index (χ1v) is 18.1. The fourth-order valence-corrected chi connectivity index (χ4v) is 19.9. The molecule has 0 heterocycles. The fourth-order valence-electron chi connectivity index (χ4n) is 3.75. The summed E-state index contributed by atoms with van der Waals surface area (Å²) in [6, 6.07) is 5.34. The average Bonchev–Trinajstić information content (AvgIpc) is 2.66. The quantitative estimate of drug-likeness (QED) is 0.351. The van der Waals surface area contributed by atoms with Crippen LogP contribution in [-0.4, -0.2) is 30.8 Å². The van der Waals surface area contributed by atoms with Gasteiger partial charge in [-0.05, 0) is 0 Å². The van der Waals surface area contributed by atoms with Crippen LogP contribution < -0.4 is 8.90 Å². The van der Waals surface area contributed by atoms with Gasteiger partial charge in [-0.1, -0.05) is 0 Å². The van der Waals surface area contributed by atoms with E-state index in [9.17, 15) is 4.79 Å². The van der Waals surface area contributed by atoms with Gasteiger partial charge in [-0.2, -0.15) is 0 Å². The van der Waals surface area contributed by atoms with Crippen LogP contribution in [0.5, 0.6) is 0 Å². The SMILES string of the molecule is CCC[CH2][Sn]([CH2]CCC)([CH2]CCC)[c]1ccc(C(=O)NCCC)cc1F. The summed E-state index contributed by atoms with van der Waals surface area (Å²) in [5.41, 5.74) is 0.460. The van der Waals surface area contributed by atoms with E-state index in [0.717, 1.165) is 10.0 Å². The van der Waals surface area contributed by atoms with E-state index in [4.69, 9.17) is 0 Å². The molecule has 1 aromatic rings. The first-order valence-electron chi connectivity index (χ1n) is 10.6. The molecule has 1 aromatic carbocycles. The van der Waals surface area contributed by atoms with Gasteiger partial charge in [0.2, 0.25) is 0 Å². The Balaban J connectivity index is 3.19. The van der Waals surface area contributed by atoms with Gasteiger partial charge < -0.3 is 0 Å². The minimum atomic E-state index is -2.78. The molecule has 0 fully saturated rings. The number of hydrogen-bond acceptors (Lipinski definition) is 1. The zero-order valence-electron chi connectivity index (χ0n) is 17.3. The number of unbranched alkanes of at least 4 members (excludes halogenated alkanes) is 3. The molecular formula is C22H38FNOSn. The Bertz CT molecular complexity index is 525. The van der Waals surface area contributed by atoms with E-state index in [1.807, 2.05) is 19.1 Å². The summed E-state index contributed by atoms with van der Waals surface area (Å²) in [5, 5.41) is 2.85. The van der Waals surface area contributed by atoms with E-state index in [0.29, 0.717) is 12.1 Å². The van der Waals surface area contributed by atoms with Crippen molar-refractivity contribution < 1.29 is 9.18 Å². The minimum absolute atomic E-state index is 0.117. The normalized spacial score (nSPS) is 11.6. The molecule has 0 aliphatic rings. The van der Waals surface area contributed by atoms with Gasteiger partial charge in [-0.15, -0.1) is 0 Å². The molecule has 1 rings (SSSR count). The second-order valence-corrected chi connectivity index (χ2v) is 20.7. The summed E-state index contributed by atoms with van der Waals surface area (Å²) < 4.78 is 19.9. The van der Waals surface area contributed by atoms with Crippen molar-refractivity contribution in [1.29, 1.82) is 0 Å². The molecule has 0 saturated carbocycles. The van der Waals surface area contributed by atoms with Crippen LogP contribution in [-0.2, 0) is 0 Å². The first-order chi connectivity index (χ1) is 12.5. The molecule has 26 heavy (non-hydrogen) atoms. The van der Waals surface area contributed by atoms with Gasteiger partial charge in [0.25, 0.3) is 0 Å². The molecule has 0 aromatic heterocycles. The topological polar surface area (TPSA) is 29.1 Å². The molecule has 0 spiro atoms. The van der Waals surface area contributed by atoms with Crippen molar-refractivity contribution in [1.82, 2.24) is 5.32 Å². The standard InChI is InChI=1S/C10H11FNO.3C4H9.Sn/c1-2-6-12-10(13)8-4-3-5-9(11)7-8;3*1-3-4-2;/h3-4,7H,2,6H2,1H3,(H,12,13);3*1,3-4H2,2H3;. The summed E-state index contributed by atoms with van der Waals surface area (Å²) in [6.45, 7) is 9.34. The molecular weight excluding hydrogens is 432 g/mol. The van der Waals surface area contributed by atoms with E-state index in [1.165, 1.54) is 57.9 Å². The van der Waals surface area contributed by atoms with Crippen LogP contribution in [0.2, 0.25) is 13.3 Å². The second-order valence-electron chi connectivity index (χ2n) is 7.54. The fraction of sp³-hybridized carbons (Fsp3) is 0.682. The van der Waals surface area contributed by atoms with Gasteiger partial charge in [-0.3, -0.25) is 0 Å². The maximum atomic E-state index is 15.2. The maximum absolute atomic E-state index is 15.2. The zero-order valence-corrected chi connectivity index (χ0v) is 20.2. The number of benzene rings is 1. The first kappa shape index (κ1) is 23.5. The van der Waals surface area contributed by atoms with Gasteiger partial charge in [0.1, 0.15) is 0 Å². The van der Waals surface area contributed by atoms with Crippen molar-refractivity contribution in [2.24, 2.45) is 0 Å². The number of carbonyl (C=O) groups is 1. The Morgan fingerprint density at radius 3 is 1.88 bits per heavy atom. The third-order valence-electron chi connectivity index (χ3n) is 5.36. The van der Waals surface area contributed by atoms with Crippen molar-refractivity contribution >= 4 is 27.9 Å². The summed E-state index contributed by atoms with van der Waals surface area (Å²) in [5.74, 6) is -0.276. The van der Waals surface area contributed by atoms with Crippen LogP contribution in [0.15, 0.2) is 18.2 Å². The van der Waals surface area contributed by atoms with E-state index < -0.39 is 18.4 Å². The number of nitrogens with one attached hydrogen (secondary N) is 1. The average molecular weight is 470 g/mol. The zero-order chi connectivity index (χ0) is 19.4. The van der Waals surface area contributed by atoms with Crippen LogP contribution >= 0.6 is 0 Å². The van der Waals surface area contributed by atoms with E-state index >= 15 is 4.39 Å². The molecule has 2 nitrogen and oxygen atoms in total. The number of amides is 1. The van der Waals surface area contributed by atoms with Crippen LogP contribution in [0.4, 0.5) is 4.39 Å². The Kier molecular flexibility index (Phi) is 11.5. The van der Waals surface area contributed by atoms with Gasteiger partial charge in [0, 0.05) is 0 Å². The van der Waals surface area contributed by atoms with Gasteiger partial charge in [0.05, 0.1) is 0 Å². The monoisotopic (exact) mass is 471 g/mol. The van der Waals surface area contributed by atoms with Crippen LogP contribution in [0.3, 0.4) is 0 Å². The third-order valence-corrected chi connectivity index (χ3v) is 21.0. The van der Waals surface area contributed by atoms with Crippen molar-refractivity contribution in [3.05, 3.63) is 29.6 Å². The third kappa shape index (κ3) is 6.86. The van der Waals surface area contributed by atoms with Crippen molar-refractivity contribution in [3.8, 4) is 0 Å². The molecule has 0 unspecified atom stereocenters. The molecule has 148 valence electrons. The molecule has 1 amide bonds. The molecule has 0 aliphatic carbocycles. The number of halogens is 1. The Hall–Kier alpha value is -0.581. The predicted octanol–water partition coefficient (Wildman–Crippen LogP) is 6.02. The molecule has 0 radical (unpaired) electrons. The number of rotatable bonds is 13. The molecule has 0 bridgehead atoms. The van der Waals surface area contributed by atoms with Crippen LogP contribution in [0, 0.1) is 5.82 Å². The molecule has 0 aliphatic heterocycles. The number of carbonyl (C=O) groups excluding carboxylic acids is 1. The van der Waals surface area contributed by atoms with Gasteiger partial charge in [-0.25, -0.2) is 0 Å². The van der Waals surface area contributed by atoms with E-state index in [1.54, 1.807) is 0 Å². The Labute approximate surface area is 164 Å². The number of hydrogen-bond donors (Lipinski definition) is 1. The molecule has 0 atom stereocenters.